The van der Waals surface area contributed by atoms with Gasteiger partial charge in [-0.05, 0) is 52.6 Å². The first-order chi connectivity index (χ1) is 13.5. The van der Waals surface area contributed by atoms with Crippen molar-refractivity contribution >= 4 is 45.8 Å². The number of fused-ring (bicyclic) bond motifs is 1. The molecule has 1 aliphatic heterocycles. The second-order valence-corrected chi connectivity index (χ2v) is 8.09. The Morgan fingerprint density at radius 3 is 3.04 bits per heavy atom. The first kappa shape index (κ1) is 18.7. The van der Waals surface area contributed by atoms with E-state index in [2.05, 4.69) is 42.9 Å². The number of hydrogen-bond donors (Lipinski definition) is 3. The smallest absolute Gasteiger partial charge is 0.407 e. The maximum Gasteiger partial charge on any atom is 0.407 e. The second kappa shape index (κ2) is 7.78. The molecule has 3 heterocycles. The molecule has 0 bridgehead atoms. The molecule has 1 aromatic carbocycles. The highest BCUT2D eigenvalue weighted by Gasteiger charge is 2.25. The van der Waals surface area contributed by atoms with E-state index in [4.69, 9.17) is 5.11 Å². The molecule has 1 atom stereocenters. The van der Waals surface area contributed by atoms with Crippen LogP contribution in [0.3, 0.4) is 0 Å². The summed E-state index contributed by atoms with van der Waals surface area (Å²) in [5.41, 5.74) is 1.91. The number of rotatable bonds is 5. The van der Waals surface area contributed by atoms with Crippen molar-refractivity contribution in [2.45, 2.75) is 13.0 Å². The quantitative estimate of drug-likeness (QED) is 0.469. The van der Waals surface area contributed by atoms with Gasteiger partial charge in [0.15, 0.2) is 5.65 Å². The van der Waals surface area contributed by atoms with Crippen LogP contribution in [0.25, 0.3) is 11.2 Å². The van der Waals surface area contributed by atoms with E-state index in [1.807, 2.05) is 24.3 Å². The predicted octanol–water partition coefficient (Wildman–Crippen LogP) is 2.18. The Morgan fingerprint density at radius 2 is 2.29 bits per heavy atom. The zero-order chi connectivity index (χ0) is 19.7. The number of aromatic amines is 1. The summed E-state index contributed by atoms with van der Waals surface area (Å²) in [6.45, 7) is 2.06. The number of halogens is 1. The maximum atomic E-state index is 12.4. The fraction of sp³-hybridized carbons (Fsp3) is 0.333. The molecule has 1 aliphatic rings. The predicted molar refractivity (Wildman–Crippen MR) is 113 cm³/mol. The SMILES string of the molecule is O=C(O)N1CCC(CNc2ncc3[nH]c(=O)n(Cc4cccc(I)c4)c3n2)C1. The third kappa shape index (κ3) is 3.96. The Kier molecular flexibility index (Phi) is 5.20. The van der Waals surface area contributed by atoms with Gasteiger partial charge in [0.2, 0.25) is 5.95 Å². The van der Waals surface area contributed by atoms with E-state index in [1.54, 1.807) is 10.8 Å². The van der Waals surface area contributed by atoms with Gasteiger partial charge in [0.1, 0.15) is 5.52 Å². The Bertz CT molecular complexity index is 1080. The molecule has 0 aliphatic carbocycles. The van der Waals surface area contributed by atoms with Crippen molar-refractivity contribution < 1.29 is 9.90 Å². The van der Waals surface area contributed by atoms with Gasteiger partial charge in [-0.2, -0.15) is 4.98 Å². The lowest BCUT2D eigenvalue weighted by molar-refractivity contribution is 0.154. The van der Waals surface area contributed by atoms with Gasteiger partial charge < -0.3 is 20.3 Å². The molecule has 3 N–H and O–H groups in total. The van der Waals surface area contributed by atoms with Gasteiger partial charge in [-0.25, -0.2) is 14.6 Å². The molecule has 1 saturated heterocycles. The average molecular weight is 494 g/mol. The number of benzene rings is 1. The summed E-state index contributed by atoms with van der Waals surface area (Å²) in [6, 6.07) is 7.96. The van der Waals surface area contributed by atoms with Crippen molar-refractivity contribution in [2.75, 3.05) is 25.0 Å². The molecule has 3 aromatic rings. The van der Waals surface area contributed by atoms with E-state index in [9.17, 15) is 9.59 Å². The molecule has 1 fully saturated rings. The molecule has 0 saturated carbocycles. The summed E-state index contributed by atoms with van der Waals surface area (Å²) in [4.78, 5) is 36.4. The van der Waals surface area contributed by atoms with Crippen molar-refractivity contribution in [3.05, 3.63) is 50.1 Å². The van der Waals surface area contributed by atoms with Crippen LogP contribution in [-0.4, -0.2) is 55.3 Å². The van der Waals surface area contributed by atoms with E-state index in [1.165, 1.54) is 4.90 Å². The van der Waals surface area contributed by atoms with Crippen LogP contribution < -0.4 is 11.0 Å². The van der Waals surface area contributed by atoms with E-state index < -0.39 is 6.09 Å². The van der Waals surface area contributed by atoms with Gasteiger partial charge in [0.05, 0.1) is 12.7 Å². The highest BCUT2D eigenvalue weighted by molar-refractivity contribution is 14.1. The molecule has 9 nitrogen and oxygen atoms in total. The summed E-state index contributed by atoms with van der Waals surface area (Å²) in [6.07, 6.45) is 1.52. The number of amides is 1. The molecule has 0 spiro atoms. The van der Waals surface area contributed by atoms with Gasteiger partial charge >= 0.3 is 11.8 Å². The molecular formula is C18H19IN6O3. The van der Waals surface area contributed by atoms with Crippen LogP contribution in [0.5, 0.6) is 0 Å². The number of likely N-dealkylation sites (tertiary alicyclic amines) is 1. The Labute approximate surface area is 173 Å². The Balaban J connectivity index is 1.52. The van der Waals surface area contributed by atoms with Crippen LogP contribution in [0.15, 0.2) is 35.3 Å². The van der Waals surface area contributed by atoms with E-state index >= 15 is 0 Å². The summed E-state index contributed by atoms with van der Waals surface area (Å²) in [5, 5.41) is 12.2. The third-order valence-electron chi connectivity index (χ3n) is 4.85. The number of carboxylic acid groups (broad SMARTS) is 1. The molecule has 1 unspecified atom stereocenters. The number of nitrogens with one attached hydrogen (secondary N) is 2. The minimum atomic E-state index is -0.882. The highest BCUT2D eigenvalue weighted by Crippen LogP contribution is 2.17. The topological polar surface area (TPSA) is 116 Å². The standard InChI is InChI=1S/C18H19IN6O3/c19-13-3-1-2-11(6-13)10-25-15-14(22-17(25)26)8-21-16(23-15)20-7-12-4-5-24(9-12)18(27)28/h1-3,6,8,12H,4-5,7,9-10H2,(H,22,26)(H,27,28)(H,20,21,23). The average Bonchev–Trinajstić information content (AvgIpc) is 3.25. The van der Waals surface area contributed by atoms with Crippen LogP contribution in [0, 0.1) is 9.49 Å². The van der Waals surface area contributed by atoms with Crippen LogP contribution in [0.1, 0.15) is 12.0 Å². The number of aromatic nitrogens is 4. The summed E-state index contributed by atoms with van der Waals surface area (Å²) in [5.74, 6) is 0.645. The third-order valence-corrected chi connectivity index (χ3v) is 5.52. The number of imidazole rings is 1. The number of hydrogen-bond acceptors (Lipinski definition) is 5. The first-order valence-corrected chi connectivity index (χ1v) is 9.99. The Hall–Kier alpha value is -2.63. The molecule has 146 valence electrons. The Morgan fingerprint density at radius 1 is 1.43 bits per heavy atom. The van der Waals surface area contributed by atoms with Crippen molar-refractivity contribution in [1.29, 1.82) is 0 Å². The van der Waals surface area contributed by atoms with Gasteiger partial charge in [0, 0.05) is 23.2 Å². The number of H-pyrrole nitrogens is 1. The first-order valence-electron chi connectivity index (χ1n) is 8.91. The summed E-state index contributed by atoms with van der Waals surface area (Å²) in [7, 11) is 0. The van der Waals surface area contributed by atoms with Gasteiger partial charge in [-0.3, -0.25) is 4.57 Å². The number of nitrogens with zero attached hydrogens (tertiary/aromatic N) is 4. The van der Waals surface area contributed by atoms with E-state index in [0.717, 1.165) is 15.6 Å². The molecule has 28 heavy (non-hydrogen) atoms. The normalized spacial score (nSPS) is 16.6. The fourth-order valence-electron chi connectivity index (χ4n) is 3.40. The maximum absolute atomic E-state index is 12.4. The summed E-state index contributed by atoms with van der Waals surface area (Å²) < 4.78 is 2.70. The largest absolute Gasteiger partial charge is 0.465 e. The van der Waals surface area contributed by atoms with Crippen molar-refractivity contribution in [1.82, 2.24) is 24.4 Å². The molecule has 2 aromatic heterocycles. The van der Waals surface area contributed by atoms with Gasteiger partial charge in [0.25, 0.3) is 0 Å². The van der Waals surface area contributed by atoms with Crippen LogP contribution >= 0.6 is 22.6 Å². The van der Waals surface area contributed by atoms with Crippen molar-refractivity contribution in [3.8, 4) is 0 Å². The van der Waals surface area contributed by atoms with E-state index in [-0.39, 0.29) is 11.6 Å². The monoisotopic (exact) mass is 494 g/mol. The molecular weight excluding hydrogens is 475 g/mol. The summed E-state index contributed by atoms with van der Waals surface area (Å²) >= 11 is 2.24. The van der Waals surface area contributed by atoms with E-state index in [0.29, 0.717) is 43.3 Å². The van der Waals surface area contributed by atoms with Gasteiger partial charge in [-0.15, -0.1) is 0 Å². The zero-order valence-electron chi connectivity index (χ0n) is 14.9. The van der Waals surface area contributed by atoms with Crippen molar-refractivity contribution in [3.63, 3.8) is 0 Å². The lowest BCUT2D eigenvalue weighted by Crippen LogP contribution is -2.28. The fourth-order valence-corrected chi connectivity index (χ4v) is 4.01. The zero-order valence-corrected chi connectivity index (χ0v) is 17.1. The number of anilines is 1. The van der Waals surface area contributed by atoms with Crippen LogP contribution in [-0.2, 0) is 6.54 Å². The van der Waals surface area contributed by atoms with Gasteiger partial charge in [-0.1, -0.05) is 12.1 Å². The molecule has 10 heteroatoms. The second-order valence-electron chi connectivity index (χ2n) is 6.84. The highest BCUT2D eigenvalue weighted by atomic mass is 127. The number of carbonyl (C=O) groups is 1. The lowest BCUT2D eigenvalue weighted by atomic mass is 10.1. The lowest BCUT2D eigenvalue weighted by Gasteiger charge is -2.13. The van der Waals surface area contributed by atoms with Crippen molar-refractivity contribution in [2.24, 2.45) is 5.92 Å². The van der Waals surface area contributed by atoms with Crippen LogP contribution in [0.4, 0.5) is 10.7 Å². The molecule has 0 radical (unpaired) electrons. The molecule has 4 rings (SSSR count). The molecule has 1 amide bonds. The minimum absolute atomic E-state index is 0.218. The van der Waals surface area contributed by atoms with Crippen LogP contribution in [0.2, 0.25) is 0 Å². The minimum Gasteiger partial charge on any atom is -0.465 e.